The van der Waals surface area contributed by atoms with E-state index in [0.717, 1.165) is 34.0 Å². The lowest BCUT2D eigenvalue weighted by Crippen LogP contribution is -2.68. The van der Waals surface area contributed by atoms with Crippen molar-refractivity contribution in [3.8, 4) is 28.2 Å². The summed E-state index contributed by atoms with van der Waals surface area (Å²) in [7, 11) is -3.27. The highest BCUT2D eigenvalue weighted by Crippen LogP contribution is 2.29. The SMILES string of the molecule is COc1ccc(-c2cc(C)[o+]c(-c3ccccc3)c2)cc1.[O-][Cl+3]([O-])([O-])[O-]. The lowest BCUT2D eigenvalue weighted by atomic mass is 10.0. The molecule has 3 rings (SSSR count). The number of benzene rings is 2. The number of aryl methyl sites for hydroxylation is 1. The molecule has 0 spiro atoms. The van der Waals surface area contributed by atoms with Gasteiger partial charge in [0, 0.05) is 11.6 Å². The molecule has 0 atom stereocenters. The van der Waals surface area contributed by atoms with Gasteiger partial charge in [-0.2, -0.15) is 0 Å². The van der Waals surface area contributed by atoms with Crippen molar-refractivity contribution in [2.45, 2.75) is 6.92 Å². The molecule has 0 aliphatic rings. The maximum atomic E-state index is 8.49. The highest BCUT2D eigenvalue weighted by molar-refractivity contribution is 5.70. The summed E-state index contributed by atoms with van der Waals surface area (Å²) in [5, 5.41) is 0. The molecule has 3 aromatic rings. The van der Waals surface area contributed by atoms with Gasteiger partial charge in [-0.15, -0.1) is 10.2 Å². The Morgan fingerprint density at radius 3 is 1.88 bits per heavy atom. The van der Waals surface area contributed by atoms with E-state index < -0.39 is 10.2 Å². The average Bonchev–Trinajstić information content (AvgIpc) is 2.61. The highest BCUT2D eigenvalue weighted by atomic mass is 35.7. The first-order valence-electron chi connectivity index (χ1n) is 7.52. The Morgan fingerprint density at radius 2 is 1.35 bits per heavy atom. The van der Waals surface area contributed by atoms with Crippen molar-refractivity contribution < 1.29 is 38.0 Å². The minimum Gasteiger partial charge on any atom is -0.497 e. The Labute approximate surface area is 153 Å². The fourth-order valence-electron chi connectivity index (χ4n) is 2.33. The van der Waals surface area contributed by atoms with Gasteiger partial charge in [0.1, 0.15) is 5.75 Å². The first-order valence-corrected chi connectivity index (χ1v) is 8.76. The summed E-state index contributed by atoms with van der Waals surface area (Å²) in [6.07, 6.45) is 0. The molecule has 0 unspecified atom stereocenters. The van der Waals surface area contributed by atoms with Crippen molar-refractivity contribution in [1.29, 1.82) is 0 Å². The molecular weight excluding hydrogens is 360 g/mol. The van der Waals surface area contributed by atoms with E-state index >= 15 is 0 Å². The standard InChI is InChI=1S/C19H17O2.ClHO4/c1-14-12-17(15-8-10-18(20-2)11-9-15)13-19(21-14)16-6-4-3-5-7-16;2-1(3,4)5/h3-13H,1-2H3;(H,2,3,4,5)/q+1;/p-1. The summed E-state index contributed by atoms with van der Waals surface area (Å²) in [4.78, 5) is 0. The molecule has 0 saturated carbocycles. The maximum absolute atomic E-state index is 8.49. The lowest BCUT2D eigenvalue weighted by Gasteiger charge is -2.17. The molecule has 0 radical (unpaired) electrons. The molecule has 1 aromatic heterocycles. The van der Waals surface area contributed by atoms with Gasteiger partial charge in [0.15, 0.2) is 0 Å². The largest absolute Gasteiger partial charge is 0.497 e. The Kier molecular flexibility index (Phi) is 6.68. The van der Waals surface area contributed by atoms with Crippen LogP contribution in [-0.2, 0) is 0 Å². The summed E-state index contributed by atoms with van der Waals surface area (Å²) in [6.45, 7) is 1.97. The summed E-state index contributed by atoms with van der Waals surface area (Å²) >= 11 is 0. The highest BCUT2D eigenvalue weighted by Gasteiger charge is 2.15. The van der Waals surface area contributed by atoms with E-state index in [-0.39, 0.29) is 0 Å². The van der Waals surface area contributed by atoms with Gasteiger partial charge in [-0.1, -0.05) is 30.3 Å². The normalized spacial score (nSPS) is 10.7. The van der Waals surface area contributed by atoms with Crippen molar-refractivity contribution in [2.24, 2.45) is 0 Å². The van der Waals surface area contributed by atoms with Crippen LogP contribution < -0.4 is 23.4 Å². The zero-order valence-electron chi connectivity index (χ0n) is 14.2. The summed E-state index contributed by atoms with van der Waals surface area (Å²) in [5.41, 5.74) is 3.36. The number of methoxy groups -OCH3 is 1. The number of hydrogen-bond acceptors (Lipinski definition) is 5. The van der Waals surface area contributed by atoms with Crippen molar-refractivity contribution in [3.05, 3.63) is 72.5 Å². The predicted molar refractivity (Wildman–Crippen MR) is 85.3 cm³/mol. The fourth-order valence-corrected chi connectivity index (χ4v) is 2.33. The third-order valence-corrected chi connectivity index (χ3v) is 3.40. The second kappa shape index (κ2) is 8.75. The monoisotopic (exact) mass is 376 g/mol. The molecule has 0 amide bonds. The maximum Gasteiger partial charge on any atom is 0.360 e. The second-order valence-corrected chi connectivity index (χ2v) is 6.05. The summed E-state index contributed by atoms with van der Waals surface area (Å²) < 4.78 is 45.0. The Morgan fingerprint density at radius 1 is 0.769 bits per heavy atom. The first-order chi connectivity index (χ1) is 12.3. The number of halogens is 1. The molecule has 0 saturated heterocycles. The second-order valence-electron chi connectivity index (χ2n) is 5.29. The lowest BCUT2D eigenvalue weighted by molar-refractivity contribution is -2.00. The van der Waals surface area contributed by atoms with E-state index in [4.69, 9.17) is 27.8 Å². The quantitative estimate of drug-likeness (QED) is 0.613. The van der Waals surface area contributed by atoms with Gasteiger partial charge in [0.25, 0.3) is 0 Å². The smallest absolute Gasteiger partial charge is 0.360 e. The first kappa shape index (κ1) is 19.8. The van der Waals surface area contributed by atoms with Crippen LogP contribution in [0.25, 0.3) is 22.5 Å². The predicted octanol–water partition coefficient (Wildman–Crippen LogP) is 0.456. The van der Waals surface area contributed by atoms with Gasteiger partial charge in [0.05, 0.1) is 25.7 Å². The van der Waals surface area contributed by atoms with E-state index in [9.17, 15) is 0 Å². The minimum atomic E-state index is -4.94. The van der Waals surface area contributed by atoms with E-state index in [1.807, 2.05) is 43.3 Å². The van der Waals surface area contributed by atoms with Crippen LogP contribution in [0, 0.1) is 17.2 Å². The van der Waals surface area contributed by atoms with Crippen LogP contribution >= 0.6 is 0 Å². The van der Waals surface area contributed by atoms with Gasteiger partial charge in [0.2, 0.25) is 0 Å². The molecule has 0 aliphatic carbocycles. The van der Waals surface area contributed by atoms with Gasteiger partial charge >= 0.3 is 11.5 Å². The number of hydrogen-bond donors (Lipinski definition) is 0. The van der Waals surface area contributed by atoms with Gasteiger partial charge in [-0.3, -0.25) is 0 Å². The van der Waals surface area contributed by atoms with E-state index in [0.29, 0.717) is 0 Å². The van der Waals surface area contributed by atoms with Crippen LogP contribution in [0.15, 0.2) is 71.1 Å². The van der Waals surface area contributed by atoms with E-state index in [2.05, 4.69) is 30.3 Å². The third kappa shape index (κ3) is 6.44. The fraction of sp³-hybridized carbons (Fsp3) is 0.105. The van der Waals surface area contributed by atoms with Crippen LogP contribution in [0.2, 0.25) is 0 Å². The van der Waals surface area contributed by atoms with Crippen LogP contribution in [0.3, 0.4) is 0 Å². The van der Waals surface area contributed by atoms with Gasteiger partial charge in [-0.25, -0.2) is 23.1 Å². The molecule has 0 bridgehead atoms. The van der Waals surface area contributed by atoms with E-state index in [1.165, 1.54) is 0 Å². The summed E-state index contributed by atoms with van der Waals surface area (Å²) in [6, 6.07) is 22.3. The molecule has 26 heavy (non-hydrogen) atoms. The Balaban J connectivity index is 0.000000431. The molecular formula is C19H17ClO6. The summed E-state index contributed by atoms with van der Waals surface area (Å²) in [5.74, 6) is 2.63. The number of rotatable bonds is 3. The van der Waals surface area contributed by atoms with Crippen LogP contribution in [0.4, 0.5) is 0 Å². The molecule has 2 aromatic carbocycles. The van der Waals surface area contributed by atoms with E-state index in [1.54, 1.807) is 7.11 Å². The van der Waals surface area contributed by atoms with Crippen LogP contribution in [-0.4, -0.2) is 7.11 Å². The van der Waals surface area contributed by atoms with Crippen LogP contribution in [0.1, 0.15) is 5.76 Å². The molecule has 1 heterocycles. The Bertz CT molecular complexity index is 823. The van der Waals surface area contributed by atoms with Gasteiger partial charge in [-0.05, 0) is 29.8 Å². The molecule has 6 nitrogen and oxygen atoms in total. The van der Waals surface area contributed by atoms with Crippen LogP contribution in [0.5, 0.6) is 5.75 Å². The third-order valence-electron chi connectivity index (χ3n) is 3.40. The zero-order valence-corrected chi connectivity index (χ0v) is 14.9. The van der Waals surface area contributed by atoms with Crippen molar-refractivity contribution in [1.82, 2.24) is 0 Å². The van der Waals surface area contributed by atoms with Crippen molar-refractivity contribution >= 4 is 0 Å². The molecule has 0 fully saturated rings. The average molecular weight is 377 g/mol. The molecule has 7 heteroatoms. The number of ether oxygens (including phenoxy) is 1. The molecule has 0 N–H and O–H groups in total. The van der Waals surface area contributed by atoms with Crippen molar-refractivity contribution in [3.63, 3.8) is 0 Å². The Hall–Kier alpha value is -2.48. The van der Waals surface area contributed by atoms with Crippen molar-refractivity contribution in [2.75, 3.05) is 7.11 Å². The molecule has 136 valence electrons. The van der Waals surface area contributed by atoms with Gasteiger partial charge < -0.3 is 4.74 Å². The molecule has 0 aliphatic heterocycles. The zero-order chi connectivity index (χ0) is 19.2. The topological polar surface area (TPSA) is 113 Å². The minimum absolute atomic E-state index is 0.861.